The Morgan fingerprint density at radius 3 is 2.52 bits per heavy atom. The number of nitrogens with one attached hydrogen (secondary N) is 2. The largest absolute Gasteiger partial charge is 0.454 e. The van der Waals surface area contributed by atoms with Gasteiger partial charge in [0.05, 0.1) is 4.92 Å². The Bertz CT molecular complexity index is 1040. The van der Waals surface area contributed by atoms with E-state index in [0.29, 0.717) is 23.7 Å². The SMILES string of the molecule is CCc1ccc(Nc2ncnc(NCc3ccc4c(c3)OCO4)c2[N+](=O)[O-])cc1. The standard InChI is InChI=1S/C20H19N5O4/c1-2-13-3-6-15(7-4-13)24-20-18(25(26)27)19(22-11-23-20)21-10-14-5-8-16-17(9-14)29-12-28-16/h3-9,11H,2,10,12H2,1H3,(H2,21,22,23,24). The smallest absolute Gasteiger partial charge is 0.353 e. The number of nitro groups is 1. The van der Waals surface area contributed by atoms with Gasteiger partial charge in [0.2, 0.25) is 18.4 Å². The van der Waals surface area contributed by atoms with Crippen molar-refractivity contribution in [3.63, 3.8) is 0 Å². The van der Waals surface area contributed by atoms with Crippen molar-refractivity contribution < 1.29 is 14.4 Å². The van der Waals surface area contributed by atoms with E-state index in [0.717, 1.165) is 12.0 Å². The van der Waals surface area contributed by atoms with Crippen molar-refractivity contribution >= 4 is 23.0 Å². The van der Waals surface area contributed by atoms with Gasteiger partial charge in [0.15, 0.2) is 11.5 Å². The molecule has 29 heavy (non-hydrogen) atoms. The molecule has 0 unspecified atom stereocenters. The van der Waals surface area contributed by atoms with Crippen LogP contribution in [0.3, 0.4) is 0 Å². The van der Waals surface area contributed by atoms with Gasteiger partial charge in [-0.3, -0.25) is 10.1 Å². The topological polar surface area (TPSA) is 111 Å². The fourth-order valence-corrected chi connectivity index (χ4v) is 2.97. The van der Waals surface area contributed by atoms with E-state index < -0.39 is 4.92 Å². The third-order valence-electron chi connectivity index (χ3n) is 4.53. The van der Waals surface area contributed by atoms with Gasteiger partial charge in [0.1, 0.15) is 6.33 Å². The van der Waals surface area contributed by atoms with E-state index in [1.165, 1.54) is 11.9 Å². The van der Waals surface area contributed by atoms with Crippen LogP contribution in [0.5, 0.6) is 11.5 Å². The maximum absolute atomic E-state index is 11.7. The zero-order chi connectivity index (χ0) is 20.2. The molecule has 2 aromatic carbocycles. The number of aromatic nitrogens is 2. The molecule has 0 bridgehead atoms. The molecule has 9 nitrogen and oxygen atoms in total. The summed E-state index contributed by atoms with van der Waals surface area (Å²) < 4.78 is 10.7. The highest BCUT2D eigenvalue weighted by atomic mass is 16.7. The van der Waals surface area contributed by atoms with E-state index >= 15 is 0 Å². The van der Waals surface area contributed by atoms with E-state index in [1.54, 1.807) is 6.07 Å². The lowest BCUT2D eigenvalue weighted by Crippen LogP contribution is -2.08. The molecule has 148 valence electrons. The summed E-state index contributed by atoms with van der Waals surface area (Å²) in [5.41, 5.74) is 2.56. The normalized spacial score (nSPS) is 11.9. The van der Waals surface area contributed by atoms with Crippen LogP contribution in [0, 0.1) is 10.1 Å². The molecule has 0 aliphatic carbocycles. The third kappa shape index (κ3) is 4.03. The van der Waals surface area contributed by atoms with Gasteiger partial charge in [-0.25, -0.2) is 9.97 Å². The number of aryl methyl sites for hydroxylation is 1. The summed E-state index contributed by atoms with van der Waals surface area (Å²) in [4.78, 5) is 19.3. The van der Waals surface area contributed by atoms with Crippen molar-refractivity contribution in [2.75, 3.05) is 17.4 Å². The minimum atomic E-state index is -0.495. The Balaban J connectivity index is 1.55. The molecule has 9 heteroatoms. The van der Waals surface area contributed by atoms with Gasteiger partial charge in [0, 0.05) is 12.2 Å². The molecule has 0 fully saturated rings. The molecule has 0 saturated heterocycles. The van der Waals surface area contributed by atoms with Gasteiger partial charge in [-0.05, 0) is 41.8 Å². The Labute approximate surface area is 166 Å². The lowest BCUT2D eigenvalue weighted by molar-refractivity contribution is -0.383. The van der Waals surface area contributed by atoms with Crippen molar-refractivity contribution in [2.45, 2.75) is 19.9 Å². The van der Waals surface area contributed by atoms with Crippen LogP contribution in [-0.4, -0.2) is 21.7 Å². The predicted octanol–water partition coefficient (Wildman–Crippen LogP) is 4.03. The van der Waals surface area contributed by atoms with Crippen LogP contribution in [0.25, 0.3) is 0 Å². The average Bonchev–Trinajstić information content (AvgIpc) is 3.20. The highest BCUT2D eigenvalue weighted by Gasteiger charge is 2.23. The van der Waals surface area contributed by atoms with Gasteiger partial charge >= 0.3 is 5.69 Å². The summed E-state index contributed by atoms with van der Waals surface area (Å²) in [5, 5.41) is 17.7. The molecule has 1 aliphatic heterocycles. The number of anilines is 3. The molecule has 0 radical (unpaired) electrons. The molecule has 1 aromatic heterocycles. The molecule has 4 rings (SSSR count). The summed E-state index contributed by atoms with van der Waals surface area (Å²) in [6, 6.07) is 13.2. The molecule has 3 aromatic rings. The first-order valence-corrected chi connectivity index (χ1v) is 9.12. The molecule has 0 atom stereocenters. The third-order valence-corrected chi connectivity index (χ3v) is 4.53. The van der Waals surface area contributed by atoms with Crippen LogP contribution in [0.2, 0.25) is 0 Å². The molecule has 1 aliphatic rings. The van der Waals surface area contributed by atoms with E-state index in [-0.39, 0.29) is 24.1 Å². The van der Waals surface area contributed by atoms with Crippen molar-refractivity contribution in [3.8, 4) is 11.5 Å². The van der Waals surface area contributed by atoms with E-state index in [9.17, 15) is 10.1 Å². The van der Waals surface area contributed by atoms with Gasteiger partial charge in [0.25, 0.3) is 0 Å². The van der Waals surface area contributed by atoms with Crippen LogP contribution >= 0.6 is 0 Å². The van der Waals surface area contributed by atoms with Crippen molar-refractivity contribution in [2.24, 2.45) is 0 Å². The first-order valence-electron chi connectivity index (χ1n) is 9.12. The average molecular weight is 393 g/mol. The Kier molecular flexibility index (Phi) is 5.10. The quantitative estimate of drug-likeness (QED) is 0.457. The minimum absolute atomic E-state index is 0.127. The fraction of sp³-hybridized carbons (Fsp3) is 0.200. The zero-order valence-corrected chi connectivity index (χ0v) is 15.7. The minimum Gasteiger partial charge on any atom is -0.454 e. The number of nitrogens with zero attached hydrogens (tertiary/aromatic N) is 3. The van der Waals surface area contributed by atoms with E-state index in [1.807, 2.05) is 36.4 Å². The Morgan fingerprint density at radius 1 is 1.03 bits per heavy atom. The molecule has 2 heterocycles. The van der Waals surface area contributed by atoms with Crippen LogP contribution < -0.4 is 20.1 Å². The number of ether oxygens (including phenoxy) is 2. The number of hydrogen-bond acceptors (Lipinski definition) is 8. The number of fused-ring (bicyclic) bond motifs is 1. The predicted molar refractivity (Wildman–Crippen MR) is 108 cm³/mol. The fourth-order valence-electron chi connectivity index (χ4n) is 2.97. The molecular formula is C20H19N5O4. The molecule has 0 amide bonds. The second-order valence-corrected chi connectivity index (χ2v) is 6.39. The lowest BCUT2D eigenvalue weighted by Gasteiger charge is -2.11. The van der Waals surface area contributed by atoms with Gasteiger partial charge in [-0.1, -0.05) is 25.1 Å². The summed E-state index contributed by atoms with van der Waals surface area (Å²) in [6.45, 7) is 2.59. The monoisotopic (exact) mass is 393 g/mol. The highest BCUT2D eigenvalue weighted by molar-refractivity contribution is 5.73. The zero-order valence-electron chi connectivity index (χ0n) is 15.7. The van der Waals surface area contributed by atoms with Crippen LogP contribution in [0.4, 0.5) is 23.0 Å². The highest BCUT2D eigenvalue weighted by Crippen LogP contribution is 2.34. The van der Waals surface area contributed by atoms with Gasteiger partial charge in [-0.2, -0.15) is 0 Å². The summed E-state index contributed by atoms with van der Waals surface area (Å²) in [5.74, 6) is 1.60. The van der Waals surface area contributed by atoms with Crippen molar-refractivity contribution in [3.05, 3.63) is 70.0 Å². The van der Waals surface area contributed by atoms with Crippen LogP contribution in [0.15, 0.2) is 48.8 Å². The van der Waals surface area contributed by atoms with Crippen LogP contribution in [0.1, 0.15) is 18.1 Å². The van der Waals surface area contributed by atoms with E-state index in [2.05, 4.69) is 27.5 Å². The lowest BCUT2D eigenvalue weighted by atomic mass is 10.1. The molecule has 2 N–H and O–H groups in total. The summed E-state index contributed by atoms with van der Waals surface area (Å²) in [7, 11) is 0. The summed E-state index contributed by atoms with van der Waals surface area (Å²) in [6.07, 6.45) is 2.21. The first-order chi connectivity index (χ1) is 14.1. The number of rotatable bonds is 7. The maximum Gasteiger partial charge on any atom is 0.353 e. The molecular weight excluding hydrogens is 374 g/mol. The van der Waals surface area contributed by atoms with Crippen molar-refractivity contribution in [1.29, 1.82) is 0 Å². The second-order valence-electron chi connectivity index (χ2n) is 6.39. The molecule has 0 saturated carbocycles. The van der Waals surface area contributed by atoms with Gasteiger partial charge in [-0.15, -0.1) is 0 Å². The first kappa shape index (κ1) is 18.5. The van der Waals surface area contributed by atoms with Gasteiger partial charge < -0.3 is 20.1 Å². The Hall–Kier alpha value is -3.88. The molecule has 0 spiro atoms. The maximum atomic E-state index is 11.7. The second kappa shape index (κ2) is 8.01. The number of hydrogen-bond donors (Lipinski definition) is 2. The van der Waals surface area contributed by atoms with E-state index in [4.69, 9.17) is 9.47 Å². The Morgan fingerprint density at radius 2 is 1.76 bits per heavy atom. The van der Waals surface area contributed by atoms with Crippen LogP contribution in [-0.2, 0) is 13.0 Å². The summed E-state index contributed by atoms with van der Waals surface area (Å²) >= 11 is 0. The van der Waals surface area contributed by atoms with Crippen molar-refractivity contribution in [1.82, 2.24) is 9.97 Å². The number of benzene rings is 2.